The van der Waals surface area contributed by atoms with E-state index in [-0.39, 0.29) is 0 Å². The largest absolute Gasteiger partial charge is 0.494 e. The number of hydrogen-bond donors (Lipinski definition) is 0. The second-order valence-corrected chi connectivity index (χ2v) is 6.97. The molecule has 0 N–H and O–H groups in total. The Labute approximate surface area is 178 Å². The van der Waals surface area contributed by atoms with Gasteiger partial charge in [-0.05, 0) is 61.0 Å². The van der Waals surface area contributed by atoms with Crippen LogP contribution >= 0.6 is 0 Å². The van der Waals surface area contributed by atoms with Gasteiger partial charge in [0.05, 0.1) is 12.2 Å². The first-order chi connectivity index (χ1) is 14.7. The summed E-state index contributed by atoms with van der Waals surface area (Å²) in [6.45, 7) is 2.84. The molecular weight excluding hydrogens is 372 g/mol. The smallest absolute Gasteiger partial charge is 0.343 e. The minimum Gasteiger partial charge on any atom is -0.494 e. The van der Waals surface area contributed by atoms with E-state index in [1.807, 2.05) is 48.5 Å². The Morgan fingerprint density at radius 1 is 0.767 bits per heavy atom. The topological polar surface area (TPSA) is 35.5 Å². The van der Waals surface area contributed by atoms with E-state index in [2.05, 4.69) is 18.8 Å². The van der Waals surface area contributed by atoms with Crippen LogP contribution in [0.5, 0.6) is 11.5 Å². The van der Waals surface area contributed by atoms with Crippen molar-refractivity contribution < 1.29 is 14.3 Å². The Balaban J connectivity index is 1.55. The van der Waals surface area contributed by atoms with Gasteiger partial charge in [-0.25, -0.2) is 4.79 Å². The van der Waals surface area contributed by atoms with Crippen LogP contribution in [0.1, 0.15) is 54.1 Å². The molecule has 0 unspecified atom stereocenters. The lowest BCUT2D eigenvalue weighted by atomic mass is 10.2. The Bertz CT molecular complexity index is 996. The molecule has 3 aromatic rings. The zero-order valence-electron chi connectivity index (χ0n) is 17.3. The fourth-order valence-corrected chi connectivity index (χ4v) is 2.87. The van der Waals surface area contributed by atoms with Crippen molar-refractivity contribution in [2.45, 2.75) is 32.6 Å². The first-order valence-electron chi connectivity index (χ1n) is 10.4. The Morgan fingerprint density at radius 3 is 2.23 bits per heavy atom. The van der Waals surface area contributed by atoms with E-state index in [9.17, 15) is 4.79 Å². The number of carbonyl (C=O) groups is 1. The van der Waals surface area contributed by atoms with Crippen molar-refractivity contribution in [1.82, 2.24) is 0 Å². The Hall–Kier alpha value is -3.51. The molecule has 0 radical (unpaired) electrons. The number of hydrogen-bond acceptors (Lipinski definition) is 3. The maximum atomic E-state index is 12.5. The van der Waals surface area contributed by atoms with Crippen LogP contribution in [0.3, 0.4) is 0 Å². The highest BCUT2D eigenvalue weighted by Gasteiger charge is 2.10. The lowest BCUT2D eigenvalue weighted by Crippen LogP contribution is -2.09. The maximum Gasteiger partial charge on any atom is 0.343 e. The van der Waals surface area contributed by atoms with Gasteiger partial charge in [-0.2, -0.15) is 0 Å². The van der Waals surface area contributed by atoms with E-state index in [1.165, 1.54) is 12.8 Å². The summed E-state index contributed by atoms with van der Waals surface area (Å²) in [5.74, 6) is 6.98. The van der Waals surface area contributed by atoms with Gasteiger partial charge in [-0.15, -0.1) is 0 Å². The molecule has 0 fully saturated rings. The molecule has 0 saturated carbocycles. The van der Waals surface area contributed by atoms with E-state index in [4.69, 9.17) is 9.47 Å². The van der Waals surface area contributed by atoms with Crippen molar-refractivity contribution in [1.29, 1.82) is 0 Å². The summed E-state index contributed by atoms with van der Waals surface area (Å²) < 4.78 is 11.2. The predicted octanol–water partition coefficient (Wildman–Crippen LogP) is 6.26. The van der Waals surface area contributed by atoms with Crippen molar-refractivity contribution in [2.24, 2.45) is 0 Å². The van der Waals surface area contributed by atoms with Gasteiger partial charge >= 0.3 is 5.97 Å². The van der Waals surface area contributed by atoms with E-state index in [1.54, 1.807) is 30.3 Å². The van der Waals surface area contributed by atoms with Gasteiger partial charge in [0.15, 0.2) is 0 Å². The van der Waals surface area contributed by atoms with Crippen LogP contribution in [-0.2, 0) is 0 Å². The number of ether oxygens (including phenoxy) is 2. The highest BCUT2D eigenvalue weighted by Crippen LogP contribution is 2.18. The second kappa shape index (κ2) is 11.5. The molecule has 0 amide bonds. The number of esters is 1. The zero-order valence-corrected chi connectivity index (χ0v) is 17.3. The zero-order chi connectivity index (χ0) is 21.0. The van der Waals surface area contributed by atoms with E-state index >= 15 is 0 Å². The average Bonchev–Trinajstić information content (AvgIpc) is 2.79. The average molecular weight is 399 g/mol. The molecule has 3 nitrogen and oxygen atoms in total. The first kappa shape index (κ1) is 21.2. The van der Waals surface area contributed by atoms with Crippen LogP contribution in [0, 0.1) is 11.8 Å². The molecule has 0 heterocycles. The van der Waals surface area contributed by atoms with Gasteiger partial charge in [0.1, 0.15) is 11.5 Å². The minimum absolute atomic E-state index is 0.408. The highest BCUT2D eigenvalue weighted by molar-refractivity contribution is 5.91. The Kier molecular flexibility index (Phi) is 8.12. The van der Waals surface area contributed by atoms with Gasteiger partial charge in [-0.3, -0.25) is 0 Å². The SMILES string of the molecule is CCCCCCOc1cccc(C(=O)Oc2ccc(C#Cc3ccccc3)cc2)c1. The van der Waals surface area contributed by atoms with Crippen molar-refractivity contribution in [2.75, 3.05) is 6.61 Å². The minimum atomic E-state index is -0.408. The molecule has 3 aromatic carbocycles. The number of benzene rings is 3. The van der Waals surface area contributed by atoms with E-state index in [0.717, 1.165) is 24.0 Å². The standard InChI is InChI=1S/C27H26O3/c1-2-3-4-8-20-29-26-13-9-12-24(21-26)27(28)30-25-18-16-23(17-19-25)15-14-22-10-6-5-7-11-22/h5-7,9-13,16-19,21H,2-4,8,20H2,1H3. The molecule has 0 saturated heterocycles. The summed E-state index contributed by atoms with van der Waals surface area (Å²) >= 11 is 0. The fourth-order valence-electron chi connectivity index (χ4n) is 2.87. The summed E-state index contributed by atoms with van der Waals surface area (Å²) in [5.41, 5.74) is 2.28. The summed E-state index contributed by atoms with van der Waals surface area (Å²) in [6, 6.07) is 24.1. The molecule has 0 atom stereocenters. The number of rotatable bonds is 8. The van der Waals surface area contributed by atoms with Gasteiger partial charge < -0.3 is 9.47 Å². The van der Waals surface area contributed by atoms with Gasteiger partial charge in [0.2, 0.25) is 0 Å². The fraction of sp³-hybridized carbons (Fsp3) is 0.222. The van der Waals surface area contributed by atoms with E-state index in [0.29, 0.717) is 23.7 Å². The third kappa shape index (κ3) is 6.83. The normalized spacial score (nSPS) is 10.0. The molecule has 0 aliphatic carbocycles. The van der Waals surface area contributed by atoms with Crippen LogP contribution in [0.2, 0.25) is 0 Å². The van der Waals surface area contributed by atoms with Crippen molar-refractivity contribution in [3.05, 3.63) is 95.6 Å². The summed E-state index contributed by atoms with van der Waals surface area (Å²) in [5, 5.41) is 0. The van der Waals surface area contributed by atoms with Crippen molar-refractivity contribution >= 4 is 5.97 Å². The maximum absolute atomic E-state index is 12.5. The van der Waals surface area contributed by atoms with Crippen LogP contribution in [0.15, 0.2) is 78.9 Å². The van der Waals surface area contributed by atoms with Gasteiger partial charge in [0, 0.05) is 11.1 Å². The molecule has 0 aliphatic rings. The molecule has 0 aliphatic heterocycles. The molecule has 0 spiro atoms. The molecular formula is C27H26O3. The number of carbonyl (C=O) groups excluding carboxylic acids is 1. The van der Waals surface area contributed by atoms with Crippen LogP contribution in [-0.4, -0.2) is 12.6 Å². The monoisotopic (exact) mass is 398 g/mol. The quantitative estimate of drug-likeness (QED) is 0.194. The van der Waals surface area contributed by atoms with Crippen LogP contribution in [0.25, 0.3) is 0 Å². The lowest BCUT2D eigenvalue weighted by Gasteiger charge is -2.08. The summed E-state index contributed by atoms with van der Waals surface area (Å²) in [7, 11) is 0. The van der Waals surface area contributed by atoms with E-state index < -0.39 is 5.97 Å². The predicted molar refractivity (Wildman–Crippen MR) is 120 cm³/mol. The van der Waals surface area contributed by atoms with Crippen molar-refractivity contribution in [3.63, 3.8) is 0 Å². The second-order valence-electron chi connectivity index (χ2n) is 6.97. The lowest BCUT2D eigenvalue weighted by molar-refractivity contribution is 0.0734. The summed E-state index contributed by atoms with van der Waals surface area (Å²) in [6.07, 6.45) is 4.58. The highest BCUT2D eigenvalue weighted by atomic mass is 16.5. The Morgan fingerprint density at radius 2 is 1.50 bits per heavy atom. The summed E-state index contributed by atoms with van der Waals surface area (Å²) in [4.78, 5) is 12.5. The molecule has 3 heteroatoms. The molecule has 152 valence electrons. The third-order valence-corrected chi connectivity index (χ3v) is 4.53. The van der Waals surface area contributed by atoms with Gasteiger partial charge in [-0.1, -0.05) is 62.3 Å². The first-order valence-corrected chi connectivity index (χ1v) is 10.4. The van der Waals surface area contributed by atoms with Gasteiger partial charge in [0.25, 0.3) is 0 Å². The molecule has 30 heavy (non-hydrogen) atoms. The molecule has 0 bridgehead atoms. The molecule has 3 rings (SSSR count). The van der Waals surface area contributed by atoms with Crippen molar-refractivity contribution in [3.8, 4) is 23.3 Å². The number of unbranched alkanes of at least 4 members (excludes halogenated alkanes) is 3. The van der Waals surface area contributed by atoms with Crippen LogP contribution < -0.4 is 9.47 Å². The third-order valence-electron chi connectivity index (χ3n) is 4.53. The molecule has 0 aromatic heterocycles. The van der Waals surface area contributed by atoms with Crippen LogP contribution in [0.4, 0.5) is 0 Å².